The van der Waals surface area contributed by atoms with E-state index in [1.54, 1.807) is 0 Å². The maximum Gasteiger partial charge on any atom is 0.157 e. The predicted molar refractivity (Wildman–Crippen MR) is 123 cm³/mol. The molecule has 0 aromatic heterocycles. The van der Waals surface area contributed by atoms with Crippen LogP contribution in [0.2, 0.25) is 0 Å². The summed E-state index contributed by atoms with van der Waals surface area (Å²) in [6, 6.07) is 42.2. The summed E-state index contributed by atoms with van der Waals surface area (Å²) in [6.45, 7) is 0. The van der Waals surface area contributed by atoms with Gasteiger partial charge in [0, 0.05) is 0 Å². The van der Waals surface area contributed by atoms with Crippen molar-refractivity contribution in [3.63, 3.8) is 0 Å². The third-order valence-electron chi connectivity index (χ3n) is 5.48. The molecule has 1 saturated heterocycles. The maximum absolute atomic E-state index is 6.84. The third kappa shape index (κ3) is 3.60. The van der Waals surface area contributed by atoms with Crippen molar-refractivity contribution in [2.75, 3.05) is 0 Å². The molecule has 1 heterocycles. The van der Waals surface area contributed by atoms with Gasteiger partial charge in [0.1, 0.15) is 0 Å². The van der Waals surface area contributed by atoms with Gasteiger partial charge in [-0.15, -0.1) is 0 Å². The van der Waals surface area contributed by atoms with E-state index in [1.807, 2.05) is 0 Å². The molecule has 4 aromatic carbocycles. The largest absolute Gasteiger partial charge is 0.342 e. The topological polar surface area (TPSA) is 12.5 Å². The van der Waals surface area contributed by atoms with Crippen LogP contribution >= 0.6 is 0 Å². The van der Waals surface area contributed by atoms with Crippen LogP contribution in [0.15, 0.2) is 121 Å². The van der Waals surface area contributed by atoms with Crippen LogP contribution in [0.25, 0.3) is 0 Å². The van der Waals surface area contributed by atoms with Gasteiger partial charge >= 0.3 is 59.1 Å². The first-order valence-electron chi connectivity index (χ1n) is 9.30. The van der Waals surface area contributed by atoms with Crippen LogP contribution in [-0.4, -0.2) is 59.1 Å². The Morgan fingerprint density at radius 2 is 0.552 bits per heavy atom. The molecule has 5 rings (SSSR count). The minimum absolute atomic E-state index is 0. The molecular weight excluding hydrogens is 374 g/mol. The fraction of sp³-hybridized carbons (Fsp3) is 0.0769. The summed E-state index contributed by atoms with van der Waals surface area (Å²) in [5.74, 6) is 0. The predicted octanol–water partition coefficient (Wildman–Crippen LogP) is 4.61. The van der Waals surface area contributed by atoms with Gasteiger partial charge in [0.05, 0.1) is 0 Å². The van der Waals surface area contributed by atoms with Gasteiger partial charge in [0.2, 0.25) is 0 Å². The zero-order valence-corrected chi connectivity index (χ0v) is 15.0. The molecule has 0 radical (unpaired) electrons. The van der Waals surface area contributed by atoms with Gasteiger partial charge in [-0.1, -0.05) is 121 Å². The molecule has 1 aliphatic rings. The summed E-state index contributed by atoms with van der Waals surface area (Å²) in [5, 5.41) is 0. The summed E-state index contributed by atoms with van der Waals surface area (Å²) in [6.07, 6.45) is 0. The Bertz CT molecular complexity index is 869. The first-order valence-corrected chi connectivity index (χ1v) is 9.30. The molecule has 4 aromatic rings. The second kappa shape index (κ2) is 9.32. The molecule has 1 aliphatic heterocycles. The van der Waals surface area contributed by atoms with Crippen molar-refractivity contribution in [1.82, 2.24) is 0 Å². The van der Waals surface area contributed by atoms with Crippen LogP contribution in [0.1, 0.15) is 22.3 Å². The van der Waals surface area contributed by atoms with Crippen molar-refractivity contribution in [2.24, 2.45) is 0 Å². The van der Waals surface area contributed by atoms with Gasteiger partial charge < -0.3 is 4.74 Å². The van der Waals surface area contributed by atoms with E-state index in [-0.39, 0.29) is 59.1 Å². The number of rotatable bonds is 4. The number of ether oxygens (including phenoxy) is 1. The van der Waals surface area contributed by atoms with Gasteiger partial charge in [0.25, 0.3) is 0 Å². The second-order valence-corrected chi connectivity index (χ2v) is 6.93. The van der Waals surface area contributed by atoms with E-state index in [9.17, 15) is 0 Å². The van der Waals surface area contributed by atoms with Gasteiger partial charge in [0.15, 0.2) is 11.2 Å². The van der Waals surface area contributed by atoms with E-state index in [1.165, 1.54) is 22.3 Å². The molecule has 134 valence electrons. The molecule has 0 amide bonds. The Labute approximate surface area is 216 Å². The smallest absolute Gasteiger partial charge is 0.157 e. The van der Waals surface area contributed by atoms with Crippen LogP contribution in [0.3, 0.4) is 0 Å². The molecule has 0 aliphatic carbocycles. The number of benzene rings is 4. The van der Waals surface area contributed by atoms with Gasteiger partial charge in [-0.3, -0.25) is 0 Å². The molecule has 0 spiro atoms. The van der Waals surface area contributed by atoms with Crippen molar-refractivity contribution in [3.05, 3.63) is 144 Å². The van der Waals surface area contributed by atoms with Crippen LogP contribution in [-0.2, 0) is 15.9 Å². The first kappa shape index (κ1) is 22.5. The Hall–Kier alpha value is -1.16. The maximum atomic E-state index is 6.84. The number of hydrogen-bond acceptors (Lipinski definition) is 1. The molecule has 0 saturated carbocycles. The summed E-state index contributed by atoms with van der Waals surface area (Å²) < 4.78 is 6.84. The van der Waals surface area contributed by atoms with Gasteiger partial charge in [-0.25, -0.2) is 0 Å². The Morgan fingerprint density at radius 3 is 0.759 bits per heavy atom. The summed E-state index contributed by atoms with van der Waals surface area (Å²) in [5.41, 5.74) is 3.59. The molecule has 0 unspecified atom stereocenters. The van der Waals surface area contributed by atoms with E-state index in [4.69, 9.17) is 4.74 Å². The molecule has 0 N–H and O–H groups in total. The SMILES string of the molecule is [NaH].[NaH].c1ccc(C2(c3ccccc3)OC2(c2ccccc2)c2ccccc2)cc1. The standard InChI is InChI=1S/C26H20O.2Na.2H/c1-5-13-21(14-6-1)25(22-15-7-2-8-16-22)26(27-25,23-17-9-3-10-18-23)24-19-11-4-12-20-24;;;;/h1-20H;;;;. The average Bonchev–Trinajstić information content (AvgIpc) is 3.49. The summed E-state index contributed by atoms with van der Waals surface area (Å²) in [7, 11) is 0. The minimum atomic E-state index is -0.543. The van der Waals surface area contributed by atoms with Crippen molar-refractivity contribution in [3.8, 4) is 0 Å². The van der Waals surface area contributed by atoms with Crippen molar-refractivity contribution in [2.45, 2.75) is 11.2 Å². The molecule has 1 fully saturated rings. The first-order chi connectivity index (χ1) is 13.4. The van der Waals surface area contributed by atoms with Gasteiger partial charge in [-0.05, 0) is 22.3 Å². The Kier molecular flexibility index (Phi) is 7.24. The second-order valence-electron chi connectivity index (χ2n) is 6.93. The van der Waals surface area contributed by atoms with E-state index in [0.717, 1.165) is 0 Å². The number of hydrogen-bond donors (Lipinski definition) is 0. The van der Waals surface area contributed by atoms with E-state index in [0.29, 0.717) is 0 Å². The molecule has 29 heavy (non-hydrogen) atoms. The van der Waals surface area contributed by atoms with Gasteiger partial charge in [-0.2, -0.15) is 0 Å². The molecule has 3 heteroatoms. The fourth-order valence-electron chi connectivity index (χ4n) is 4.28. The summed E-state index contributed by atoms with van der Waals surface area (Å²) in [4.78, 5) is 0. The van der Waals surface area contributed by atoms with E-state index in [2.05, 4.69) is 121 Å². The molecule has 1 nitrogen and oxygen atoms in total. The zero-order chi connectivity index (χ0) is 18.2. The molecular formula is C26H22Na2O. The number of epoxide rings is 1. The molecule has 0 bridgehead atoms. The van der Waals surface area contributed by atoms with E-state index >= 15 is 0 Å². The zero-order valence-electron chi connectivity index (χ0n) is 15.0. The van der Waals surface area contributed by atoms with Crippen LogP contribution in [0.5, 0.6) is 0 Å². The van der Waals surface area contributed by atoms with E-state index < -0.39 is 11.2 Å². The third-order valence-corrected chi connectivity index (χ3v) is 5.48. The van der Waals surface area contributed by atoms with Crippen molar-refractivity contribution in [1.29, 1.82) is 0 Å². The fourth-order valence-corrected chi connectivity index (χ4v) is 4.28. The Morgan fingerprint density at radius 1 is 0.345 bits per heavy atom. The Balaban J connectivity index is 0.00000120. The monoisotopic (exact) mass is 396 g/mol. The normalized spacial score (nSPS) is 15.4. The summed E-state index contributed by atoms with van der Waals surface area (Å²) >= 11 is 0. The molecule has 0 atom stereocenters. The minimum Gasteiger partial charge on any atom is -0.342 e. The van der Waals surface area contributed by atoms with Crippen LogP contribution in [0.4, 0.5) is 0 Å². The average molecular weight is 396 g/mol. The van der Waals surface area contributed by atoms with Crippen LogP contribution in [0, 0.1) is 0 Å². The quantitative estimate of drug-likeness (QED) is 0.363. The van der Waals surface area contributed by atoms with Crippen LogP contribution < -0.4 is 0 Å². The van der Waals surface area contributed by atoms with Crippen molar-refractivity contribution >= 4 is 59.1 Å². The van der Waals surface area contributed by atoms with Crippen molar-refractivity contribution < 1.29 is 4.74 Å².